The molecule has 32 heavy (non-hydrogen) atoms. The molecule has 3 fully saturated rings. The molecule has 2 N–H and O–H groups in total. The van der Waals surface area contributed by atoms with E-state index >= 15 is 0 Å². The molecule has 1 unspecified atom stereocenters. The Morgan fingerprint density at radius 2 is 2.06 bits per heavy atom. The molecule has 0 saturated carbocycles. The van der Waals surface area contributed by atoms with E-state index in [1.54, 1.807) is 4.90 Å². The Balaban J connectivity index is 1.56. The van der Waals surface area contributed by atoms with E-state index in [1.165, 1.54) is 23.2 Å². The number of hydrogen-bond donors (Lipinski definition) is 1. The quantitative estimate of drug-likeness (QED) is 0.684. The van der Waals surface area contributed by atoms with Crippen LogP contribution in [0.1, 0.15) is 6.42 Å². The number of hydrogen-bond acceptors (Lipinski definition) is 8. The van der Waals surface area contributed by atoms with Gasteiger partial charge in [0.25, 0.3) is 5.92 Å². The summed E-state index contributed by atoms with van der Waals surface area (Å²) in [5.41, 5.74) is 6.10. The molecule has 2 bridgehead atoms. The van der Waals surface area contributed by atoms with E-state index < -0.39 is 37.4 Å². The molecule has 2 aromatic rings. The lowest BCUT2D eigenvalue weighted by molar-refractivity contribution is -0.0494. The first kappa shape index (κ1) is 20.9. The number of fused-ring (bicyclic) bond motifs is 2. The zero-order valence-corrected chi connectivity index (χ0v) is 16.6. The van der Waals surface area contributed by atoms with Crippen LogP contribution in [0.15, 0.2) is 18.3 Å². The first-order valence-corrected chi connectivity index (χ1v) is 9.95. The van der Waals surface area contributed by atoms with Gasteiger partial charge in [0.1, 0.15) is 11.9 Å². The zero-order chi connectivity index (χ0) is 22.6. The maximum absolute atomic E-state index is 14.4. The molecule has 0 aromatic carbocycles. The molecule has 13 heteroatoms. The SMILES string of the molecule is Nc1ncc(-c2cc(N3C[C@@H]4OC[C@H]3C4F)nc(N3CCC(F)(F)C3)n2)cc1OC(F)F. The number of nitrogen functional groups attached to an aromatic ring is 1. The van der Waals surface area contributed by atoms with Gasteiger partial charge < -0.3 is 25.0 Å². The van der Waals surface area contributed by atoms with Crippen LogP contribution in [-0.4, -0.2) is 72.0 Å². The van der Waals surface area contributed by atoms with Gasteiger partial charge in [0.05, 0.1) is 24.9 Å². The summed E-state index contributed by atoms with van der Waals surface area (Å²) in [6.07, 6.45) is -0.834. The van der Waals surface area contributed by atoms with E-state index in [2.05, 4.69) is 19.7 Å². The highest BCUT2D eigenvalue weighted by atomic mass is 19.3. The van der Waals surface area contributed by atoms with Crippen LogP contribution < -0.4 is 20.3 Å². The van der Waals surface area contributed by atoms with Crippen LogP contribution in [0.25, 0.3) is 11.3 Å². The van der Waals surface area contributed by atoms with E-state index in [9.17, 15) is 22.0 Å². The molecule has 0 spiro atoms. The minimum Gasteiger partial charge on any atom is -0.431 e. The summed E-state index contributed by atoms with van der Waals surface area (Å²) in [6, 6.07) is 2.21. The average molecular weight is 458 g/mol. The fraction of sp³-hybridized carbons (Fsp3) is 0.526. The molecule has 2 aromatic heterocycles. The average Bonchev–Trinajstić information content (AvgIpc) is 3.40. The molecular formula is C19H19F5N6O2. The number of rotatable bonds is 5. The molecule has 5 heterocycles. The Morgan fingerprint density at radius 1 is 1.25 bits per heavy atom. The van der Waals surface area contributed by atoms with Crippen molar-refractivity contribution >= 4 is 17.6 Å². The van der Waals surface area contributed by atoms with E-state index in [4.69, 9.17) is 10.5 Å². The smallest absolute Gasteiger partial charge is 0.387 e. The maximum Gasteiger partial charge on any atom is 0.387 e. The number of aromatic nitrogens is 3. The van der Waals surface area contributed by atoms with Crippen LogP contribution in [-0.2, 0) is 4.74 Å². The van der Waals surface area contributed by atoms with Gasteiger partial charge in [-0.05, 0) is 6.07 Å². The number of nitrogens with zero attached hydrogens (tertiary/aromatic N) is 5. The number of alkyl halides is 5. The van der Waals surface area contributed by atoms with Crippen molar-refractivity contribution in [1.82, 2.24) is 15.0 Å². The van der Waals surface area contributed by atoms with Gasteiger partial charge in [-0.3, -0.25) is 0 Å². The van der Waals surface area contributed by atoms with Crippen molar-refractivity contribution in [2.45, 2.75) is 37.3 Å². The highest BCUT2D eigenvalue weighted by molar-refractivity contribution is 5.68. The second kappa shape index (κ2) is 7.57. The van der Waals surface area contributed by atoms with Crippen LogP contribution in [0.5, 0.6) is 5.75 Å². The van der Waals surface area contributed by atoms with E-state index in [-0.39, 0.29) is 54.9 Å². The Bertz CT molecular complexity index is 1030. The maximum atomic E-state index is 14.4. The fourth-order valence-corrected chi connectivity index (χ4v) is 4.21. The van der Waals surface area contributed by atoms with Crippen molar-refractivity contribution in [1.29, 1.82) is 0 Å². The van der Waals surface area contributed by atoms with Gasteiger partial charge in [-0.25, -0.2) is 23.1 Å². The zero-order valence-electron chi connectivity index (χ0n) is 16.6. The third-order valence-electron chi connectivity index (χ3n) is 5.82. The lowest BCUT2D eigenvalue weighted by Crippen LogP contribution is -2.38. The summed E-state index contributed by atoms with van der Waals surface area (Å²) in [7, 11) is 0. The molecule has 0 aliphatic carbocycles. The molecule has 0 amide bonds. The summed E-state index contributed by atoms with van der Waals surface area (Å²) in [5, 5.41) is 0. The van der Waals surface area contributed by atoms with Crippen molar-refractivity contribution in [3.63, 3.8) is 0 Å². The van der Waals surface area contributed by atoms with E-state index in [0.29, 0.717) is 5.82 Å². The third kappa shape index (κ3) is 3.74. The highest BCUT2D eigenvalue weighted by Crippen LogP contribution is 2.38. The third-order valence-corrected chi connectivity index (χ3v) is 5.82. The van der Waals surface area contributed by atoms with Gasteiger partial charge in [0.2, 0.25) is 5.95 Å². The molecule has 8 nitrogen and oxygen atoms in total. The van der Waals surface area contributed by atoms with Crippen molar-refractivity contribution < 1.29 is 31.4 Å². The van der Waals surface area contributed by atoms with Crippen LogP contribution in [0.2, 0.25) is 0 Å². The summed E-state index contributed by atoms with van der Waals surface area (Å²) < 4.78 is 77.2. The normalized spacial score (nSPS) is 26.4. The number of halogens is 5. The van der Waals surface area contributed by atoms with Crippen molar-refractivity contribution in [3.8, 4) is 17.0 Å². The van der Waals surface area contributed by atoms with Gasteiger partial charge in [-0.2, -0.15) is 13.8 Å². The Morgan fingerprint density at radius 3 is 2.69 bits per heavy atom. The monoisotopic (exact) mass is 458 g/mol. The van der Waals surface area contributed by atoms with E-state index in [0.717, 1.165) is 0 Å². The molecule has 5 rings (SSSR count). The Kier molecular flexibility index (Phi) is 4.95. The van der Waals surface area contributed by atoms with Gasteiger partial charge >= 0.3 is 6.61 Å². The second-order valence-corrected chi connectivity index (χ2v) is 7.96. The van der Waals surface area contributed by atoms with Crippen molar-refractivity contribution in [3.05, 3.63) is 18.3 Å². The molecule has 3 saturated heterocycles. The van der Waals surface area contributed by atoms with E-state index in [1.807, 2.05) is 0 Å². The number of pyridine rings is 1. The summed E-state index contributed by atoms with van der Waals surface area (Å²) >= 11 is 0. The fourth-order valence-electron chi connectivity index (χ4n) is 4.21. The van der Waals surface area contributed by atoms with Gasteiger partial charge in [0, 0.05) is 37.3 Å². The number of ether oxygens (including phenoxy) is 2. The van der Waals surface area contributed by atoms with Crippen molar-refractivity contribution in [2.75, 3.05) is 41.8 Å². The predicted molar refractivity (Wildman–Crippen MR) is 104 cm³/mol. The molecule has 3 aliphatic heterocycles. The van der Waals surface area contributed by atoms with Crippen molar-refractivity contribution in [2.24, 2.45) is 0 Å². The lowest BCUT2D eigenvalue weighted by atomic mass is 10.2. The molecule has 0 radical (unpaired) electrons. The van der Waals surface area contributed by atoms with Gasteiger partial charge in [0.15, 0.2) is 17.7 Å². The predicted octanol–water partition coefficient (Wildman–Crippen LogP) is 2.49. The number of anilines is 3. The van der Waals surface area contributed by atoms with Crippen LogP contribution >= 0.6 is 0 Å². The van der Waals surface area contributed by atoms with Crippen LogP contribution in [0, 0.1) is 0 Å². The highest BCUT2D eigenvalue weighted by Gasteiger charge is 2.49. The molecule has 3 atom stereocenters. The summed E-state index contributed by atoms with van der Waals surface area (Å²) in [6.45, 7) is -3.21. The topological polar surface area (TPSA) is 89.6 Å². The Hall–Kier alpha value is -2.96. The standard InChI is InChI=1S/C19H19F5N6O2/c20-15-11-7-31-13(15)6-30(11)14-4-10(9-3-12(32-17(21)22)16(25)26-5-9)27-18(28-14)29-2-1-19(23,24)8-29/h3-5,11,13,15,17H,1-2,6-8H2,(H2,25,26)/t11-,13-,15?/m0/s1. The Labute approximate surface area is 179 Å². The minimum atomic E-state index is -3.11. The van der Waals surface area contributed by atoms with Gasteiger partial charge in [-0.1, -0.05) is 0 Å². The van der Waals surface area contributed by atoms with Gasteiger partial charge in [-0.15, -0.1) is 0 Å². The molecule has 172 valence electrons. The summed E-state index contributed by atoms with van der Waals surface area (Å²) in [5.74, 6) is -3.11. The largest absolute Gasteiger partial charge is 0.431 e. The van der Waals surface area contributed by atoms with Crippen LogP contribution in [0.4, 0.5) is 39.5 Å². The first-order chi connectivity index (χ1) is 15.2. The molecule has 3 aliphatic rings. The second-order valence-electron chi connectivity index (χ2n) is 7.96. The summed E-state index contributed by atoms with van der Waals surface area (Å²) in [4.78, 5) is 15.7. The minimum absolute atomic E-state index is 0.0296. The van der Waals surface area contributed by atoms with Crippen LogP contribution in [0.3, 0.4) is 0 Å². The number of nitrogens with two attached hydrogens (primary N) is 1. The molecular weight excluding hydrogens is 439 g/mol. The first-order valence-electron chi connectivity index (χ1n) is 9.95. The number of morpholine rings is 1. The lowest BCUT2D eigenvalue weighted by Gasteiger charge is -2.28.